The van der Waals surface area contributed by atoms with Crippen molar-refractivity contribution >= 4 is 22.6 Å². The van der Waals surface area contributed by atoms with Gasteiger partial charge < -0.3 is 5.11 Å². The number of hydrogen-bond donors (Lipinski definition) is 1. The molecule has 2 aromatic rings. The zero-order valence-electron chi connectivity index (χ0n) is 9.89. The fourth-order valence-corrected chi connectivity index (χ4v) is 2.12. The molecule has 1 aromatic carbocycles. The molecule has 0 amide bonds. The van der Waals surface area contributed by atoms with Crippen molar-refractivity contribution in [1.82, 2.24) is 9.97 Å². The van der Waals surface area contributed by atoms with Crippen LogP contribution in [0.25, 0.3) is 11.0 Å². The van der Waals surface area contributed by atoms with Crippen LogP contribution in [0.1, 0.15) is 31.9 Å². The standard InChI is InChI=1S/C13H15ClN2O/c1-3-11(17)8(2)12-13(14)16-10-7-5-4-6-9(10)15-12/h4-8,11,17H,3H2,1-2H3. The summed E-state index contributed by atoms with van der Waals surface area (Å²) in [5.41, 5.74) is 2.25. The Bertz CT molecular complexity index is 530. The number of hydrogen-bond acceptors (Lipinski definition) is 3. The van der Waals surface area contributed by atoms with Gasteiger partial charge in [0.1, 0.15) is 0 Å². The van der Waals surface area contributed by atoms with Crippen LogP contribution >= 0.6 is 11.6 Å². The van der Waals surface area contributed by atoms with E-state index < -0.39 is 6.10 Å². The van der Waals surface area contributed by atoms with Crippen LogP contribution in [-0.2, 0) is 0 Å². The van der Waals surface area contributed by atoms with E-state index in [1.165, 1.54) is 0 Å². The number of aliphatic hydroxyl groups is 1. The van der Waals surface area contributed by atoms with Gasteiger partial charge in [0.05, 0.1) is 22.8 Å². The summed E-state index contributed by atoms with van der Waals surface area (Å²) in [6, 6.07) is 7.58. The third kappa shape index (κ3) is 2.40. The Morgan fingerprint density at radius 2 is 1.82 bits per heavy atom. The Morgan fingerprint density at radius 1 is 1.24 bits per heavy atom. The quantitative estimate of drug-likeness (QED) is 0.910. The minimum atomic E-state index is -0.442. The summed E-state index contributed by atoms with van der Waals surface area (Å²) in [5.74, 6) is -0.107. The minimum absolute atomic E-state index is 0.107. The van der Waals surface area contributed by atoms with Gasteiger partial charge in [-0.15, -0.1) is 0 Å². The van der Waals surface area contributed by atoms with Gasteiger partial charge in [-0.1, -0.05) is 37.6 Å². The lowest BCUT2D eigenvalue weighted by molar-refractivity contribution is 0.143. The fraction of sp³-hybridized carbons (Fsp3) is 0.385. The molecular formula is C13H15ClN2O. The largest absolute Gasteiger partial charge is 0.392 e. The van der Waals surface area contributed by atoms with Crippen molar-refractivity contribution in [3.05, 3.63) is 35.1 Å². The summed E-state index contributed by atoms with van der Waals surface area (Å²) in [5, 5.41) is 10.2. The molecule has 0 bridgehead atoms. The first-order chi connectivity index (χ1) is 8.13. The van der Waals surface area contributed by atoms with Crippen molar-refractivity contribution in [3.63, 3.8) is 0 Å². The van der Waals surface area contributed by atoms with Gasteiger partial charge in [-0.05, 0) is 18.6 Å². The molecule has 17 heavy (non-hydrogen) atoms. The van der Waals surface area contributed by atoms with E-state index in [9.17, 15) is 5.11 Å². The van der Waals surface area contributed by atoms with Crippen LogP contribution in [0, 0.1) is 0 Å². The number of fused-ring (bicyclic) bond motifs is 1. The Hall–Kier alpha value is -1.19. The number of benzene rings is 1. The summed E-state index contributed by atoms with van der Waals surface area (Å²) in [6.07, 6.45) is 0.231. The molecule has 0 aliphatic heterocycles. The fourth-order valence-electron chi connectivity index (χ4n) is 1.82. The Kier molecular flexibility index (Phi) is 3.60. The zero-order chi connectivity index (χ0) is 12.4. The molecule has 4 heteroatoms. The Labute approximate surface area is 105 Å². The van der Waals surface area contributed by atoms with Gasteiger partial charge in [0, 0.05) is 5.92 Å². The van der Waals surface area contributed by atoms with E-state index in [4.69, 9.17) is 11.6 Å². The first kappa shape index (κ1) is 12.3. The van der Waals surface area contributed by atoms with E-state index in [2.05, 4.69) is 9.97 Å². The highest BCUT2D eigenvalue weighted by molar-refractivity contribution is 6.30. The number of aromatic nitrogens is 2. The maximum Gasteiger partial charge on any atom is 0.151 e. The van der Waals surface area contributed by atoms with E-state index in [1.807, 2.05) is 38.1 Å². The second-order valence-corrected chi connectivity index (χ2v) is 4.51. The normalized spacial score (nSPS) is 14.8. The zero-order valence-corrected chi connectivity index (χ0v) is 10.6. The van der Waals surface area contributed by atoms with Crippen molar-refractivity contribution in [2.75, 3.05) is 0 Å². The van der Waals surface area contributed by atoms with Crippen LogP contribution in [0.4, 0.5) is 0 Å². The smallest absolute Gasteiger partial charge is 0.151 e. The summed E-state index contributed by atoms with van der Waals surface area (Å²) >= 11 is 6.11. The van der Waals surface area contributed by atoms with Crippen LogP contribution in [0.15, 0.2) is 24.3 Å². The average molecular weight is 251 g/mol. The second kappa shape index (κ2) is 4.98. The summed E-state index contributed by atoms with van der Waals surface area (Å²) in [4.78, 5) is 8.79. The van der Waals surface area contributed by atoms with Crippen molar-refractivity contribution in [1.29, 1.82) is 0 Å². The first-order valence-electron chi connectivity index (χ1n) is 5.73. The van der Waals surface area contributed by atoms with Crippen molar-refractivity contribution in [2.45, 2.75) is 32.3 Å². The van der Waals surface area contributed by atoms with Crippen LogP contribution in [0.3, 0.4) is 0 Å². The third-order valence-electron chi connectivity index (χ3n) is 2.98. The van der Waals surface area contributed by atoms with Crippen molar-refractivity contribution in [2.24, 2.45) is 0 Å². The predicted octanol–water partition coefficient (Wildman–Crippen LogP) is 3.16. The summed E-state index contributed by atoms with van der Waals surface area (Å²) in [7, 11) is 0. The number of para-hydroxylation sites is 2. The maximum absolute atomic E-state index is 9.85. The molecule has 0 aliphatic carbocycles. The second-order valence-electron chi connectivity index (χ2n) is 4.15. The van der Waals surface area contributed by atoms with Gasteiger partial charge in [-0.2, -0.15) is 0 Å². The highest BCUT2D eigenvalue weighted by Gasteiger charge is 2.20. The number of rotatable bonds is 3. The average Bonchev–Trinajstić information content (AvgIpc) is 2.36. The molecular weight excluding hydrogens is 236 g/mol. The molecule has 0 saturated heterocycles. The lowest BCUT2D eigenvalue weighted by Crippen LogP contribution is -2.16. The number of halogens is 1. The summed E-state index contributed by atoms with van der Waals surface area (Å²) in [6.45, 7) is 3.85. The van der Waals surface area contributed by atoms with E-state index in [1.54, 1.807) is 0 Å². The molecule has 0 aliphatic rings. The predicted molar refractivity (Wildman–Crippen MR) is 69.3 cm³/mol. The molecule has 0 radical (unpaired) electrons. The van der Waals surface area contributed by atoms with E-state index in [0.29, 0.717) is 17.3 Å². The lowest BCUT2D eigenvalue weighted by Gasteiger charge is -2.17. The molecule has 1 heterocycles. The van der Waals surface area contributed by atoms with Crippen LogP contribution in [0.2, 0.25) is 5.15 Å². The highest BCUT2D eigenvalue weighted by atomic mass is 35.5. The van der Waals surface area contributed by atoms with Gasteiger partial charge in [-0.25, -0.2) is 9.97 Å². The summed E-state index contributed by atoms with van der Waals surface area (Å²) < 4.78 is 0. The number of aliphatic hydroxyl groups excluding tert-OH is 1. The molecule has 2 unspecified atom stereocenters. The van der Waals surface area contributed by atoms with Gasteiger partial charge in [-0.3, -0.25) is 0 Å². The number of nitrogens with zero attached hydrogens (tertiary/aromatic N) is 2. The minimum Gasteiger partial charge on any atom is -0.392 e. The van der Waals surface area contributed by atoms with E-state index >= 15 is 0 Å². The lowest BCUT2D eigenvalue weighted by atomic mass is 9.99. The van der Waals surface area contributed by atoms with Crippen molar-refractivity contribution in [3.8, 4) is 0 Å². The molecule has 2 atom stereocenters. The maximum atomic E-state index is 9.85. The van der Waals surface area contributed by atoms with Crippen molar-refractivity contribution < 1.29 is 5.11 Å². The van der Waals surface area contributed by atoms with Gasteiger partial charge in [0.2, 0.25) is 0 Å². The van der Waals surface area contributed by atoms with Gasteiger partial charge in [0.15, 0.2) is 5.15 Å². The van der Waals surface area contributed by atoms with Gasteiger partial charge >= 0.3 is 0 Å². The molecule has 1 aromatic heterocycles. The van der Waals surface area contributed by atoms with Crippen LogP contribution in [-0.4, -0.2) is 21.2 Å². The van der Waals surface area contributed by atoms with Crippen LogP contribution < -0.4 is 0 Å². The highest BCUT2D eigenvalue weighted by Crippen LogP contribution is 2.26. The molecule has 90 valence electrons. The van der Waals surface area contributed by atoms with Crippen LogP contribution in [0.5, 0.6) is 0 Å². The Balaban J connectivity index is 2.50. The molecule has 3 nitrogen and oxygen atoms in total. The van der Waals surface area contributed by atoms with Gasteiger partial charge in [0.25, 0.3) is 0 Å². The molecule has 0 saturated carbocycles. The topological polar surface area (TPSA) is 46.0 Å². The Morgan fingerprint density at radius 3 is 2.41 bits per heavy atom. The molecule has 0 spiro atoms. The molecule has 0 fully saturated rings. The first-order valence-corrected chi connectivity index (χ1v) is 6.11. The molecule has 1 N–H and O–H groups in total. The van der Waals surface area contributed by atoms with E-state index in [0.717, 1.165) is 11.0 Å². The molecule has 2 rings (SSSR count). The monoisotopic (exact) mass is 250 g/mol. The SMILES string of the molecule is CCC(O)C(C)c1nc2ccccc2nc1Cl. The third-order valence-corrected chi connectivity index (χ3v) is 3.26. The van der Waals surface area contributed by atoms with E-state index in [-0.39, 0.29) is 5.92 Å².